The van der Waals surface area contributed by atoms with Crippen LogP contribution in [0.25, 0.3) is 0 Å². The molecule has 0 bridgehead atoms. The molecule has 110 valence electrons. The number of carbonyl (C=O) groups is 2. The normalized spacial score (nSPS) is 14.0. The maximum absolute atomic E-state index is 12.0. The molecule has 0 atom stereocenters. The molecule has 2 heterocycles. The number of hydrogen-bond donors (Lipinski definition) is 2. The van der Waals surface area contributed by atoms with Crippen molar-refractivity contribution in [3.05, 3.63) is 35.9 Å². The van der Waals surface area contributed by atoms with Crippen molar-refractivity contribution in [2.75, 3.05) is 5.32 Å². The molecule has 2 amide bonds. The van der Waals surface area contributed by atoms with Gasteiger partial charge in [-0.15, -0.1) is 0 Å². The molecule has 3 rings (SSSR count). The SMILES string of the molecule is Cn1nc(C(=O)NCc2ccco2)cc1NC(=O)C1CC1. The predicted octanol–water partition coefficient (Wildman–Crippen LogP) is 1.29. The zero-order chi connectivity index (χ0) is 14.8. The number of hydrogen-bond acceptors (Lipinski definition) is 4. The van der Waals surface area contributed by atoms with Crippen molar-refractivity contribution in [2.45, 2.75) is 19.4 Å². The number of carbonyl (C=O) groups excluding carboxylic acids is 2. The van der Waals surface area contributed by atoms with E-state index in [1.165, 1.54) is 4.68 Å². The Bertz CT molecular complexity index is 656. The standard InChI is InChI=1S/C14H16N4O3/c1-18-12(16-13(19)9-4-5-9)7-11(17-18)14(20)15-8-10-3-2-6-21-10/h2-3,6-7,9H,4-5,8H2,1H3,(H,15,20)(H,16,19). The van der Waals surface area contributed by atoms with Crippen LogP contribution >= 0.6 is 0 Å². The topological polar surface area (TPSA) is 89.2 Å². The average Bonchev–Trinajstić information content (AvgIpc) is 3.08. The molecule has 0 aromatic carbocycles. The summed E-state index contributed by atoms with van der Waals surface area (Å²) in [6.45, 7) is 0.298. The van der Waals surface area contributed by atoms with E-state index < -0.39 is 0 Å². The van der Waals surface area contributed by atoms with E-state index in [9.17, 15) is 9.59 Å². The molecule has 0 radical (unpaired) electrons. The molecule has 21 heavy (non-hydrogen) atoms. The van der Waals surface area contributed by atoms with Crippen LogP contribution in [0.3, 0.4) is 0 Å². The zero-order valence-electron chi connectivity index (χ0n) is 11.6. The number of rotatable bonds is 5. The minimum Gasteiger partial charge on any atom is -0.467 e. The highest BCUT2D eigenvalue weighted by molar-refractivity contribution is 5.96. The van der Waals surface area contributed by atoms with Crippen LogP contribution < -0.4 is 10.6 Å². The molecule has 2 aromatic heterocycles. The van der Waals surface area contributed by atoms with Crippen molar-refractivity contribution in [3.8, 4) is 0 Å². The number of anilines is 1. The summed E-state index contributed by atoms with van der Waals surface area (Å²) < 4.78 is 6.63. The van der Waals surface area contributed by atoms with Crippen molar-refractivity contribution in [3.63, 3.8) is 0 Å². The van der Waals surface area contributed by atoms with Gasteiger partial charge in [-0.2, -0.15) is 5.10 Å². The summed E-state index contributed by atoms with van der Waals surface area (Å²) in [4.78, 5) is 23.7. The van der Waals surface area contributed by atoms with Gasteiger partial charge in [-0.05, 0) is 25.0 Å². The summed E-state index contributed by atoms with van der Waals surface area (Å²) in [5.41, 5.74) is 0.259. The van der Waals surface area contributed by atoms with Crippen molar-refractivity contribution < 1.29 is 14.0 Å². The lowest BCUT2D eigenvalue weighted by atomic mass is 10.3. The van der Waals surface area contributed by atoms with Crippen molar-refractivity contribution in [2.24, 2.45) is 13.0 Å². The lowest BCUT2D eigenvalue weighted by Crippen LogP contribution is -2.23. The highest BCUT2D eigenvalue weighted by Gasteiger charge is 2.30. The van der Waals surface area contributed by atoms with E-state index in [0.29, 0.717) is 18.1 Å². The Morgan fingerprint density at radius 1 is 1.48 bits per heavy atom. The predicted molar refractivity (Wildman–Crippen MR) is 74.4 cm³/mol. The Morgan fingerprint density at radius 3 is 2.95 bits per heavy atom. The second-order valence-corrected chi connectivity index (χ2v) is 5.06. The van der Waals surface area contributed by atoms with E-state index in [1.54, 1.807) is 31.5 Å². The minimum atomic E-state index is -0.311. The number of aryl methyl sites for hydroxylation is 1. The van der Waals surface area contributed by atoms with Gasteiger partial charge in [-0.25, -0.2) is 0 Å². The van der Waals surface area contributed by atoms with Gasteiger partial charge in [-0.3, -0.25) is 14.3 Å². The minimum absolute atomic E-state index is 0.0134. The number of nitrogens with zero attached hydrogens (tertiary/aromatic N) is 2. The fourth-order valence-corrected chi connectivity index (χ4v) is 1.94. The van der Waals surface area contributed by atoms with Gasteiger partial charge in [0.15, 0.2) is 5.69 Å². The third-order valence-corrected chi connectivity index (χ3v) is 3.32. The molecule has 0 unspecified atom stereocenters. The van der Waals surface area contributed by atoms with Crippen LogP contribution in [0.5, 0.6) is 0 Å². The summed E-state index contributed by atoms with van der Waals surface area (Å²) in [7, 11) is 1.69. The number of nitrogens with one attached hydrogen (secondary N) is 2. The summed E-state index contributed by atoms with van der Waals surface area (Å²) in [6.07, 6.45) is 3.41. The van der Waals surface area contributed by atoms with Crippen LogP contribution in [0.4, 0.5) is 5.82 Å². The Balaban J connectivity index is 1.62. The largest absolute Gasteiger partial charge is 0.467 e. The Labute approximate surface area is 121 Å². The van der Waals surface area contributed by atoms with Gasteiger partial charge in [0.1, 0.15) is 11.6 Å². The highest BCUT2D eigenvalue weighted by atomic mass is 16.3. The lowest BCUT2D eigenvalue weighted by Gasteiger charge is -2.02. The molecule has 0 spiro atoms. The van der Waals surface area contributed by atoms with Gasteiger partial charge in [0.2, 0.25) is 5.91 Å². The number of aromatic nitrogens is 2. The van der Waals surface area contributed by atoms with Crippen molar-refractivity contribution in [1.82, 2.24) is 15.1 Å². The highest BCUT2D eigenvalue weighted by Crippen LogP contribution is 2.30. The maximum Gasteiger partial charge on any atom is 0.272 e. The van der Waals surface area contributed by atoms with Crippen LogP contribution in [0, 0.1) is 5.92 Å². The third-order valence-electron chi connectivity index (χ3n) is 3.32. The molecule has 2 N–H and O–H groups in total. The molecular weight excluding hydrogens is 272 g/mol. The van der Waals surface area contributed by atoms with Crippen LogP contribution in [0.1, 0.15) is 29.1 Å². The first-order valence-electron chi connectivity index (χ1n) is 6.79. The van der Waals surface area contributed by atoms with Gasteiger partial charge in [-0.1, -0.05) is 0 Å². The molecule has 0 saturated heterocycles. The Morgan fingerprint density at radius 2 is 2.29 bits per heavy atom. The lowest BCUT2D eigenvalue weighted by molar-refractivity contribution is -0.117. The molecule has 7 nitrogen and oxygen atoms in total. The molecule has 1 aliphatic carbocycles. The molecule has 0 aliphatic heterocycles. The van der Waals surface area contributed by atoms with E-state index >= 15 is 0 Å². The summed E-state index contributed by atoms with van der Waals surface area (Å²) >= 11 is 0. The van der Waals surface area contributed by atoms with Gasteiger partial charge in [0, 0.05) is 19.0 Å². The number of amides is 2. The molecule has 1 saturated carbocycles. The molecule has 1 aliphatic rings. The van der Waals surface area contributed by atoms with Crippen LogP contribution in [-0.4, -0.2) is 21.6 Å². The van der Waals surface area contributed by atoms with Gasteiger partial charge in [0.05, 0.1) is 12.8 Å². The molecule has 7 heteroatoms. The summed E-state index contributed by atoms with van der Waals surface area (Å²) in [5.74, 6) is 0.974. The fraction of sp³-hybridized carbons (Fsp3) is 0.357. The van der Waals surface area contributed by atoms with Gasteiger partial charge >= 0.3 is 0 Å². The number of furan rings is 1. The summed E-state index contributed by atoms with van der Waals surface area (Å²) in [5, 5.41) is 9.59. The Hall–Kier alpha value is -2.57. The molecular formula is C14H16N4O3. The van der Waals surface area contributed by atoms with Crippen LogP contribution in [0.15, 0.2) is 28.9 Å². The van der Waals surface area contributed by atoms with Crippen molar-refractivity contribution >= 4 is 17.6 Å². The first-order chi connectivity index (χ1) is 10.1. The Kier molecular flexibility index (Phi) is 3.47. The first kappa shape index (κ1) is 13.4. The van der Waals surface area contributed by atoms with Crippen molar-refractivity contribution in [1.29, 1.82) is 0 Å². The van der Waals surface area contributed by atoms with Crippen LogP contribution in [-0.2, 0) is 18.4 Å². The molecule has 1 fully saturated rings. The quantitative estimate of drug-likeness (QED) is 0.867. The smallest absolute Gasteiger partial charge is 0.272 e. The second-order valence-electron chi connectivity index (χ2n) is 5.06. The van der Waals surface area contributed by atoms with E-state index in [-0.39, 0.29) is 23.4 Å². The van der Waals surface area contributed by atoms with Gasteiger partial charge < -0.3 is 15.1 Å². The van der Waals surface area contributed by atoms with E-state index in [1.807, 2.05) is 0 Å². The first-order valence-corrected chi connectivity index (χ1v) is 6.79. The second kappa shape index (κ2) is 5.43. The third kappa shape index (κ3) is 3.13. The van der Waals surface area contributed by atoms with Crippen LogP contribution in [0.2, 0.25) is 0 Å². The zero-order valence-corrected chi connectivity index (χ0v) is 11.6. The van der Waals surface area contributed by atoms with E-state index in [2.05, 4.69) is 15.7 Å². The van der Waals surface area contributed by atoms with E-state index in [4.69, 9.17) is 4.42 Å². The fourth-order valence-electron chi connectivity index (χ4n) is 1.94. The monoisotopic (exact) mass is 288 g/mol. The van der Waals surface area contributed by atoms with E-state index in [0.717, 1.165) is 12.8 Å². The molecule has 2 aromatic rings. The average molecular weight is 288 g/mol. The summed E-state index contributed by atoms with van der Waals surface area (Å²) in [6, 6.07) is 5.10. The maximum atomic E-state index is 12.0. The van der Waals surface area contributed by atoms with Gasteiger partial charge in [0.25, 0.3) is 5.91 Å².